The predicted molar refractivity (Wildman–Crippen MR) is 230 cm³/mol. The van der Waals surface area contributed by atoms with Gasteiger partial charge in [0.15, 0.2) is 11.6 Å². The Morgan fingerprint density at radius 1 is 0.375 bits per heavy atom. The molecular weight excluding hydrogens is 685 g/mol. The molecule has 0 unspecified atom stereocenters. The smallest absolute Gasteiger partial charge is 0.238 e. The summed E-state index contributed by atoms with van der Waals surface area (Å²) in [5.74, 6) is 1.68. The zero-order chi connectivity index (χ0) is 36.7. The highest BCUT2D eigenvalue weighted by Crippen LogP contribution is 2.42. The van der Waals surface area contributed by atoms with E-state index in [1.165, 1.54) is 27.1 Å². The molecule has 9 aromatic carbocycles. The van der Waals surface area contributed by atoms with E-state index in [1.807, 2.05) is 30.3 Å². The minimum Gasteiger partial charge on any atom is -0.455 e. The number of rotatable bonds is 4. The van der Waals surface area contributed by atoms with Crippen molar-refractivity contribution >= 4 is 76.1 Å². The molecule has 0 radical (unpaired) electrons. The fraction of sp³-hybridized carbons (Fsp3) is 0. The topological polar surface area (TPSA) is 56.7 Å². The standard InChI is InChI=1S/C51H30N4O/c1-2-15-33(16-3-1)49-52-50(42-30-34-17-6-9-21-39(34)47-40-22-10-11-24-45(40)56-48(42)47)54-51(53-49)55-43-27-26-35(37-23-12-18-31-13-4-7-19-36(31)37)29-41(43)46-38-20-8-5-14-32(38)25-28-44(46)55/h1-30H. The van der Waals surface area contributed by atoms with Crippen molar-refractivity contribution in [1.82, 2.24) is 19.5 Å². The number of fused-ring (bicyclic) bond motifs is 11. The maximum Gasteiger partial charge on any atom is 0.238 e. The molecule has 0 bridgehead atoms. The molecule has 0 amide bonds. The summed E-state index contributed by atoms with van der Waals surface area (Å²) < 4.78 is 8.90. The Labute approximate surface area is 320 Å². The van der Waals surface area contributed by atoms with E-state index in [0.29, 0.717) is 17.6 Å². The molecule has 0 aliphatic heterocycles. The first-order chi connectivity index (χ1) is 27.8. The lowest BCUT2D eigenvalue weighted by Gasteiger charge is -2.12. The van der Waals surface area contributed by atoms with Crippen LogP contribution in [-0.2, 0) is 0 Å². The number of para-hydroxylation sites is 1. The molecule has 0 saturated carbocycles. The Balaban J connectivity index is 1.19. The molecule has 0 aliphatic carbocycles. The number of benzene rings is 9. The van der Waals surface area contributed by atoms with Crippen LogP contribution >= 0.6 is 0 Å². The van der Waals surface area contributed by atoms with Gasteiger partial charge in [-0.1, -0.05) is 152 Å². The van der Waals surface area contributed by atoms with Crippen molar-refractivity contribution in [2.45, 2.75) is 0 Å². The number of hydrogen-bond acceptors (Lipinski definition) is 4. The summed E-state index contributed by atoms with van der Waals surface area (Å²) in [6.07, 6.45) is 0. The van der Waals surface area contributed by atoms with Crippen LogP contribution in [0.5, 0.6) is 0 Å². The summed E-state index contributed by atoms with van der Waals surface area (Å²) in [5, 5.41) is 11.4. The molecule has 12 rings (SSSR count). The highest BCUT2D eigenvalue weighted by Gasteiger charge is 2.23. The van der Waals surface area contributed by atoms with Crippen molar-refractivity contribution < 1.29 is 4.42 Å². The highest BCUT2D eigenvalue weighted by atomic mass is 16.3. The molecule has 5 nitrogen and oxygen atoms in total. The number of aromatic nitrogens is 4. The van der Waals surface area contributed by atoms with Gasteiger partial charge in [-0.15, -0.1) is 0 Å². The van der Waals surface area contributed by atoms with Crippen molar-refractivity contribution in [2.75, 3.05) is 0 Å². The normalized spacial score (nSPS) is 11.9. The van der Waals surface area contributed by atoms with Crippen LogP contribution in [0.1, 0.15) is 0 Å². The van der Waals surface area contributed by atoms with Crippen molar-refractivity contribution in [3.05, 3.63) is 182 Å². The third-order valence-electron chi connectivity index (χ3n) is 11.2. The molecule has 0 saturated heterocycles. The van der Waals surface area contributed by atoms with Gasteiger partial charge in [0.05, 0.1) is 16.6 Å². The first-order valence-corrected chi connectivity index (χ1v) is 18.9. The summed E-state index contributed by atoms with van der Waals surface area (Å²) in [7, 11) is 0. The first kappa shape index (κ1) is 30.8. The lowest BCUT2D eigenvalue weighted by Crippen LogP contribution is -2.06. The Morgan fingerprint density at radius 2 is 1.02 bits per heavy atom. The van der Waals surface area contributed by atoms with Crippen LogP contribution in [0, 0.1) is 0 Å². The first-order valence-electron chi connectivity index (χ1n) is 18.9. The van der Waals surface area contributed by atoms with Crippen LogP contribution in [0.2, 0.25) is 0 Å². The van der Waals surface area contributed by atoms with Gasteiger partial charge in [-0.2, -0.15) is 9.97 Å². The third kappa shape index (κ3) is 4.58. The lowest BCUT2D eigenvalue weighted by atomic mass is 9.96. The van der Waals surface area contributed by atoms with Gasteiger partial charge in [0.1, 0.15) is 11.2 Å². The van der Waals surface area contributed by atoms with Crippen LogP contribution in [0.15, 0.2) is 186 Å². The molecule has 3 heterocycles. The van der Waals surface area contributed by atoms with Crippen LogP contribution in [0.3, 0.4) is 0 Å². The quantitative estimate of drug-likeness (QED) is 0.182. The molecule has 3 aromatic heterocycles. The van der Waals surface area contributed by atoms with Crippen molar-refractivity contribution in [1.29, 1.82) is 0 Å². The number of furan rings is 1. The van der Waals surface area contributed by atoms with E-state index in [2.05, 4.69) is 156 Å². The van der Waals surface area contributed by atoms with Gasteiger partial charge in [0.25, 0.3) is 0 Å². The monoisotopic (exact) mass is 714 g/mol. The fourth-order valence-corrected chi connectivity index (χ4v) is 8.69. The van der Waals surface area contributed by atoms with E-state index in [4.69, 9.17) is 19.4 Å². The number of hydrogen-bond donors (Lipinski definition) is 0. The second kappa shape index (κ2) is 11.9. The van der Waals surface area contributed by atoms with Crippen molar-refractivity contribution in [3.8, 4) is 39.9 Å². The minimum atomic E-state index is 0.541. The van der Waals surface area contributed by atoms with Crippen molar-refractivity contribution in [2.24, 2.45) is 0 Å². The highest BCUT2D eigenvalue weighted by molar-refractivity contribution is 6.23. The molecule has 12 aromatic rings. The molecule has 260 valence electrons. The average molecular weight is 715 g/mol. The summed E-state index contributed by atoms with van der Waals surface area (Å²) in [4.78, 5) is 15.9. The van der Waals surface area contributed by atoms with E-state index in [9.17, 15) is 0 Å². The van der Waals surface area contributed by atoms with Gasteiger partial charge >= 0.3 is 0 Å². The van der Waals surface area contributed by atoms with Gasteiger partial charge in [-0.3, -0.25) is 4.57 Å². The summed E-state index contributed by atoms with van der Waals surface area (Å²) in [6.45, 7) is 0. The van der Waals surface area contributed by atoms with Gasteiger partial charge in [-0.05, 0) is 73.8 Å². The van der Waals surface area contributed by atoms with E-state index in [-0.39, 0.29) is 0 Å². The van der Waals surface area contributed by atoms with Crippen molar-refractivity contribution in [3.63, 3.8) is 0 Å². The van der Waals surface area contributed by atoms with Crippen LogP contribution in [0.25, 0.3) is 116 Å². The van der Waals surface area contributed by atoms with E-state index in [0.717, 1.165) is 71.2 Å². The van der Waals surface area contributed by atoms with Gasteiger partial charge in [0, 0.05) is 27.1 Å². The largest absolute Gasteiger partial charge is 0.455 e. The van der Waals surface area contributed by atoms with Crippen LogP contribution in [0.4, 0.5) is 0 Å². The zero-order valence-corrected chi connectivity index (χ0v) is 30.0. The van der Waals surface area contributed by atoms with Gasteiger partial charge in [-0.25, -0.2) is 4.98 Å². The average Bonchev–Trinajstić information content (AvgIpc) is 3.83. The van der Waals surface area contributed by atoms with E-state index in [1.54, 1.807) is 0 Å². The molecule has 5 heteroatoms. The summed E-state index contributed by atoms with van der Waals surface area (Å²) in [5.41, 5.74) is 7.71. The van der Waals surface area contributed by atoms with E-state index >= 15 is 0 Å². The second-order valence-electron chi connectivity index (χ2n) is 14.4. The Hall–Kier alpha value is -7.63. The molecule has 0 atom stereocenters. The van der Waals surface area contributed by atoms with Crippen LogP contribution in [-0.4, -0.2) is 19.5 Å². The Kier molecular flexibility index (Phi) is 6.56. The Bertz CT molecular complexity index is 3540. The molecule has 56 heavy (non-hydrogen) atoms. The fourth-order valence-electron chi connectivity index (χ4n) is 8.69. The van der Waals surface area contributed by atoms with Crippen LogP contribution < -0.4 is 0 Å². The van der Waals surface area contributed by atoms with Gasteiger partial charge < -0.3 is 4.42 Å². The lowest BCUT2D eigenvalue weighted by molar-refractivity contribution is 0.669. The SMILES string of the molecule is c1ccc(-c2nc(-c3cc4ccccc4c4c3oc3ccccc34)nc(-n3c4ccc(-c5cccc6ccccc56)cc4c4c5ccccc5ccc43)n2)cc1. The van der Waals surface area contributed by atoms with E-state index < -0.39 is 0 Å². The third-order valence-corrected chi connectivity index (χ3v) is 11.2. The molecule has 0 spiro atoms. The Morgan fingerprint density at radius 3 is 1.86 bits per heavy atom. The van der Waals surface area contributed by atoms with Gasteiger partial charge in [0.2, 0.25) is 5.95 Å². The maximum absolute atomic E-state index is 6.69. The molecular formula is C51H30N4O. The minimum absolute atomic E-state index is 0.541. The molecule has 0 aliphatic rings. The zero-order valence-electron chi connectivity index (χ0n) is 30.0. The second-order valence-corrected chi connectivity index (χ2v) is 14.4. The molecule has 0 N–H and O–H groups in total. The number of nitrogens with zero attached hydrogens (tertiary/aromatic N) is 4. The molecule has 0 fully saturated rings. The predicted octanol–water partition coefficient (Wildman–Crippen LogP) is 13.3. The summed E-state index contributed by atoms with van der Waals surface area (Å²) in [6, 6.07) is 63.9. The maximum atomic E-state index is 6.69. The summed E-state index contributed by atoms with van der Waals surface area (Å²) >= 11 is 0.